The van der Waals surface area contributed by atoms with E-state index in [-0.39, 0.29) is 11.8 Å². The molecule has 2 unspecified atom stereocenters. The molecule has 148 valence electrons. The van der Waals surface area contributed by atoms with E-state index in [4.69, 9.17) is 9.47 Å². The van der Waals surface area contributed by atoms with Gasteiger partial charge in [0.25, 0.3) is 0 Å². The van der Waals surface area contributed by atoms with E-state index in [1.807, 2.05) is 18.2 Å². The van der Waals surface area contributed by atoms with Crippen molar-refractivity contribution < 1.29 is 19.1 Å². The second-order valence-corrected chi connectivity index (χ2v) is 7.89. The van der Waals surface area contributed by atoms with Crippen LogP contribution >= 0.6 is 0 Å². The van der Waals surface area contributed by atoms with Crippen LogP contribution in [0.15, 0.2) is 54.7 Å². The van der Waals surface area contributed by atoms with E-state index in [1.54, 1.807) is 13.8 Å². The van der Waals surface area contributed by atoms with E-state index in [0.717, 1.165) is 40.3 Å². The van der Waals surface area contributed by atoms with Gasteiger partial charge in [-0.3, -0.25) is 0 Å². The van der Waals surface area contributed by atoms with Crippen molar-refractivity contribution >= 4 is 22.7 Å². The third-order valence-corrected chi connectivity index (χ3v) is 5.67. The van der Waals surface area contributed by atoms with E-state index in [2.05, 4.69) is 32.2 Å². The van der Waals surface area contributed by atoms with Crippen LogP contribution in [0.4, 0.5) is 0 Å². The number of carbonyl (C=O) groups excluding carboxylic acids is 2. The van der Waals surface area contributed by atoms with Crippen LogP contribution in [0.2, 0.25) is 0 Å². The van der Waals surface area contributed by atoms with Crippen LogP contribution < -0.4 is 9.47 Å². The minimum atomic E-state index is -0.452. The van der Waals surface area contributed by atoms with Crippen molar-refractivity contribution in [3.63, 3.8) is 0 Å². The van der Waals surface area contributed by atoms with Crippen LogP contribution in [-0.2, 0) is 16.0 Å². The maximum Gasteiger partial charge on any atom is 0.338 e. The highest BCUT2D eigenvalue weighted by Crippen LogP contribution is 2.58. The minimum absolute atomic E-state index is 0.139. The van der Waals surface area contributed by atoms with Crippen molar-refractivity contribution in [1.82, 2.24) is 0 Å². The van der Waals surface area contributed by atoms with Gasteiger partial charge < -0.3 is 9.47 Å². The largest absolute Gasteiger partial charge is 0.422 e. The summed E-state index contributed by atoms with van der Waals surface area (Å²) >= 11 is 0. The molecule has 2 aromatic carbocycles. The molecular formula is C25H24O4. The molecule has 2 atom stereocenters. The van der Waals surface area contributed by atoms with Crippen LogP contribution in [0.1, 0.15) is 55.7 Å². The summed E-state index contributed by atoms with van der Waals surface area (Å²) in [6, 6.07) is 5.98. The summed E-state index contributed by atoms with van der Waals surface area (Å²) in [5.41, 5.74) is 3.68. The summed E-state index contributed by atoms with van der Waals surface area (Å²) in [6.45, 7) is 12.8. The Bertz CT molecular complexity index is 1120. The second-order valence-electron chi connectivity index (χ2n) is 7.89. The number of carbonyl (C=O) groups is 2. The lowest BCUT2D eigenvalue weighted by Crippen LogP contribution is -2.14. The number of allylic oxidation sites excluding steroid dienone is 2. The first-order valence-electron chi connectivity index (χ1n) is 9.87. The zero-order valence-electron chi connectivity index (χ0n) is 17.0. The fraction of sp³-hybridized carbons (Fsp3) is 0.280. The summed E-state index contributed by atoms with van der Waals surface area (Å²) in [7, 11) is 0. The molecule has 0 saturated carbocycles. The number of fused-ring (bicyclic) bond motifs is 6. The zero-order valence-corrected chi connectivity index (χ0v) is 17.0. The Hall–Kier alpha value is -3.14. The fourth-order valence-electron chi connectivity index (χ4n) is 4.17. The van der Waals surface area contributed by atoms with Gasteiger partial charge in [-0.15, -0.1) is 0 Å². The summed E-state index contributed by atoms with van der Waals surface area (Å²) in [4.78, 5) is 24.8. The number of rotatable bonds is 5. The third kappa shape index (κ3) is 3.09. The Morgan fingerprint density at radius 1 is 0.931 bits per heavy atom. The molecule has 0 heterocycles. The van der Waals surface area contributed by atoms with Gasteiger partial charge in [-0.05, 0) is 38.3 Å². The first kappa shape index (κ1) is 19.2. The average Bonchev–Trinajstić information content (AvgIpc) is 3.31. The third-order valence-electron chi connectivity index (χ3n) is 5.67. The van der Waals surface area contributed by atoms with Gasteiger partial charge in [-0.1, -0.05) is 44.4 Å². The van der Waals surface area contributed by atoms with Crippen molar-refractivity contribution in [1.29, 1.82) is 0 Å². The van der Waals surface area contributed by atoms with E-state index in [0.29, 0.717) is 22.6 Å². The molecule has 0 saturated heterocycles. The smallest absolute Gasteiger partial charge is 0.338 e. The average molecular weight is 388 g/mol. The molecule has 4 nitrogen and oxygen atoms in total. The maximum atomic E-state index is 12.4. The van der Waals surface area contributed by atoms with Gasteiger partial charge in [0.15, 0.2) is 0 Å². The van der Waals surface area contributed by atoms with Crippen molar-refractivity contribution in [2.45, 2.75) is 45.4 Å². The second kappa shape index (κ2) is 7.03. The van der Waals surface area contributed by atoms with E-state index < -0.39 is 11.9 Å². The topological polar surface area (TPSA) is 52.6 Å². The van der Waals surface area contributed by atoms with Crippen molar-refractivity contribution in [2.75, 3.05) is 0 Å². The summed E-state index contributed by atoms with van der Waals surface area (Å²) in [6.07, 6.45) is 6.02. The molecular weight excluding hydrogens is 364 g/mol. The molecule has 0 radical (unpaired) electrons. The van der Waals surface area contributed by atoms with Gasteiger partial charge in [0.2, 0.25) is 0 Å². The Morgan fingerprint density at radius 2 is 1.45 bits per heavy atom. The maximum absolute atomic E-state index is 12.4. The first-order chi connectivity index (χ1) is 13.8. The molecule has 2 aromatic rings. The number of aryl methyl sites for hydroxylation is 1. The normalized spacial score (nSPS) is 18.6. The predicted octanol–water partition coefficient (Wildman–Crippen LogP) is 5.51. The molecule has 0 aliphatic heterocycles. The zero-order chi connectivity index (χ0) is 20.9. The number of esters is 2. The molecule has 2 aliphatic carbocycles. The van der Waals surface area contributed by atoms with E-state index in [1.165, 1.54) is 0 Å². The van der Waals surface area contributed by atoms with Crippen LogP contribution in [-0.4, -0.2) is 11.9 Å². The molecule has 2 bridgehead atoms. The number of hydrogen-bond donors (Lipinski definition) is 0. The molecule has 29 heavy (non-hydrogen) atoms. The number of hydrogen-bond acceptors (Lipinski definition) is 4. The van der Waals surface area contributed by atoms with Crippen molar-refractivity contribution in [2.24, 2.45) is 0 Å². The van der Waals surface area contributed by atoms with Gasteiger partial charge in [0.1, 0.15) is 11.5 Å². The molecule has 4 heteroatoms. The van der Waals surface area contributed by atoms with Crippen LogP contribution in [0, 0.1) is 0 Å². The molecule has 0 N–H and O–H groups in total. The van der Waals surface area contributed by atoms with Crippen molar-refractivity contribution in [3.8, 4) is 11.5 Å². The van der Waals surface area contributed by atoms with Crippen LogP contribution in [0.3, 0.4) is 0 Å². The molecule has 0 aromatic heterocycles. The first-order valence-corrected chi connectivity index (χ1v) is 9.87. The van der Waals surface area contributed by atoms with E-state index in [9.17, 15) is 9.59 Å². The van der Waals surface area contributed by atoms with Gasteiger partial charge in [0.05, 0.1) is 0 Å². The minimum Gasteiger partial charge on any atom is -0.422 e. The summed E-state index contributed by atoms with van der Waals surface area (Å²) in [5.74, 6) is 0.489. The predicted molar refractivity (Wildman–Crippen MR) is 113 cm³/mol. The standard InChI is InChI=1S/C25H24O4/c1-6-15-7-10-18-19(11-15)23(29-25(27)14(4)5)21-17-9-8-16(12-17)20(21)22(18)28-24(26)13(2)3/h7-11,16-17H,2,4,6,12H2,1,3,5H3. The van der Waals surface area contributed by atoms with Gasteiger partial charge in [-0.2, -0.15) is 0 Å². The fourth-order valence-corrected chi connectivity index (χ4v) is 4.17. The molecule has 0 fully saturated rings. The lowest BCUT2D eigenvalue weighted by atomic mass is 9.90. The summed E-state index contributed by atoms with van der Waals surface area (Å²) < 4.78 is 11.7. The van der Waals surface area contributed by atoms with Crippen LogP contribution in [0.25, 0.3) is 10.8 Å². The Labute approximate surface area is 170 Å². The van der Waals surface area contributed by atoms with Gasteiger partial charge >= 0.3 is 11.9 Å². The van der Waals surface area contributed by atoms with Crippen LogP contribution in [0.5, 0.6) is 11.5 Å². The monoisotopic (exact) mass is 388 g/mol. The highest BCUT2D eigenvalue weighted by Gasteiger charge is 2.40. The molecule has 4 rings (SSSR count). The number of ether oxygens (including phenoxy) is 2. The Balaban J connectivity index is 2.03. The van der Waals surface area contributed by atoms with E-state index >= 15 is 0 Å². The molecule has 0 amide bonds. The molecule has 2 aliphatic rings. The van der Waals surface area contributed by atoms with Gasteiger partial charge in [-0.25, -0.2) is 9.59 Å². The SMILES string of the molecule is C=C(C)C(=O)Oc1c2c(c(OC(=O)C(=C)C)c3cc(CC)ccc13)C1C=CC2C1. The number of benzene rings is 2. The van der Waals surface area contributed by atoms with Crippen molar-refractivity contribution in [3.05, 3.63) is 71.3 Å². The lowest BCUT2D eigenvalue weighted by molar-refractivity contribution is -0.131. The highest BCUT2D eigenvalue weighted by atomic mass is 16.5. The molecule has 0 spiro atoms. The quantitative estimate of drug-likeness (QED) is 0.293. The Kier molecular flexibility index (Phi) is 4.65. The van der Waals surface area contributed by atoms with Gasteiger partial charge in [0, 0.05) is 44.9 Å². The Morgan fingerprint density at radius 3 is 1.93 bits per heavy atom. The highest BCUT2D eigenvalue weighted by molar-refractivity contribution is 6.02. The lowest BCUT2D eigenvalue weighted by Gasteiger charge is -2.22. The summed E-state index contributed by atoms with van der Waals surface area (Å²) in [5, 5.41) is 1.55.